The third kappa shape index (κ3) is 2.85. The van der Waals surface area contributed by atoms with Crippen molar-refractivity contribution in [3.8, 4) is 0 Å². The number of carbonyl (C=O) groups excluding carboxylic acids is 1. The number of hydrogen-bond donors (Lipinski definition) is 0. The van der Waals surface area contributed by atoms with Crippen LogP contribution in [-0.4, -0.2) is 36.9 Å². The molecule has 2 aliphatic rings. The number of nitrogens with zero attached hydrogens (tertiary/aromatic N) is 5. The maximum Gasteiger partial charge on any atom is 0.274 e. The lowest BCUT2D eigenvalue weighted by molar-refractivity contribution is 0.0718. The van der Waals surface area contributed by atoms with Gasteiger partial charge in [0.15, 0.2) is 5.69 Å². The zero-order valence-electron chi connectivity index (χ0n) is 15.7. The molecule has 0 bridgehead atoms. The van der Waals surface area contributed by atoms with E-state index in [2.05, 4.69) is 28.4 Å². The van der Waals surface area contributed by atoms with Crippen molar-refractivity contribution in [1.29, 1.82) is 0 Å². The van der Waals surface area contributed by atoms with Gasteiger partial charge < -0.3 is 4.90 Å². The molecule has 1 aliphatic carbocycles. The first-order valence-corrected chi connectivity index (χ1v) is 9.49. The van der Waals surface area contributed by atoms with Gasteiger partial charge in [-0.1, -0.05) is 24.3 Å². The lowest BCUT2D eigenvalue weighted by Crippen LogP contribution is -2.38. The Kier molecular flexibility index (Phi) is 3.67. The number of fused-ring (bicyclic) bond motifs is 1. The van der Waals surface area contributed by atoms with E-state index in [0.29, 0.717) is 24.7 Å². The van der Waals surface area contributed by atoms with Gasteiger partial charge in [-0.25, -0.2) is 0 Å². The largest absolute Gasteiger partial charge is 0.332 e. The van der Waals surface area contributed by atoms with E-state index in [1.807, 2.05) is 52.9 Å². The molecule has 1 aromatic carbocycles. The van der Waals surface area contributed by atoms with Crippen LogP contribution in [0, 0.1) is 0 Å². The van der Waals surface area contributed by atoms with Gasteiger partial charge in [0.2, 0.25) is 0 Å². The third-order valence-corrected chi connectivity index (χ3v) is 5.74. The fourth-order valence-corrected chi connectivity index (χ4v) is 4.18. The van der Waals surface area contributed by atoms with Crippen molar-refractivity contribution in [2.24, 2.45) is 14.1 Å². The molecule has 0 saturated heterocycles. The zero-order chi connectivity index (χ0) is 18.5. The van der Waals surface area contributed by atoms with Gasteiger partial charge in [-0.3, -0.25) is 14.2 Å². The molecule has 27 heavy (non-hydrogen) atoms. The summed E-state index contributed by atoms with van der Waals surface area (Å²) in [4.78, 5) is 15.2. The van der Waals surface area contributed by atoms with E-state index in [1.165, 1.54) is 29.7 Å². The summed E-state index contributed by atoms with van der Waals surface area (Å²) in [5, 5.41) is 8.85. The molecule has 0 N–H and O–H groups in total. The van der Waals surface area contributed by atoms with Crippen LogP contribution >= 0.6 is 0 Å². The molecule has 1 amide bonds. The van der Waals surface area contributed by atoms with Gasteiger partial charge in [0.05, 0.1) is 6.20 Å². The zero-order valence-corrected chi connectivity index (χ0v) is 15.7. The second-order valence-corrected chi connectivity index (χ2v) is 7.74. The van der Waals surface area contributed by atoms with E-state index >= 15 is 0 Å². The molecule has 1 unspecified atom stereocenters. The average Bonchev–Trinajstić information content (AvgIpc) is 3.31. The van der Waals surface area contributed by atoms with Crippen molar-refractivity contribution in [3.05, 3.63) is 70.8 Å². The van der Waals surface area contributed by atoms with Gasteiger partial charge in [-0.2, -0.15) is 10.2 Å². The van der Waals surface area contributed by atoms with Gasteiger partial charge in [0.1, 0.15) is 0 Å². The molecule has 0 spiro atoms. The Morgan fingerprint density at radius 1 is 1.19 bits per heavy atom. The molecular formula is C21H23N5O. The monoisotopic (exact) mass is 361 g/mol. The van der Waals surface area contributed by atoms with Crippen molar-refractivity contribution in [2.45, 2.75) is 31.2 Å². The standard InChI is InChI=1S/C21H23N5O/c1-24-11-16(10-22-24)18-13-26(12-15-5-3-4-6-17(15)18)21(27)19-9-20(14-7-8-14)25(2)23-19/h3-6,9-11,14,18H,7-8,12-13H2,1-2H3. The summed E-state index contributed by atoms with van der Waals surface area (Å²) in [5.74, 6) is 0.731. The van der Waals surface area contributed by atoms with Crippen molar-refractivity contribution in [3.63, 3.8) is 0 Å². The van der Waals surface area contributed by atoms with Gasteiger partial charge >= 0.3 is 0 Å². The first-order chi connectivity index (χ1) is 13.1. The van der Waals surface area contributed by atoms with E-state index in [0.717, 1.165) is 5.56 Å². The minimum absolute atomic E-state index is 0.0147. The Morgan fingerprint density at radius 2 is 2.00 bits per heavy atom. The summed E-state index contributed by atoms with van der Waals surface area (Å²) in [5.41, 5.74) is 5.36. The summed E-state index contributed by atoms with van der Waals surface area (Å²) < 4.78 is 3.70. The van der Waals surface area contributed by atoms with E-state index in [4.69, 9.17) is 0 Å². The molecule has 1 aliphatic heterocycles. The predicted octanol–water partition coefficient (Wildman–Crippen LogP) is 2.82. The average molecular weight is 361 g/mol. The van der Waals surface area contributed by atoms with E-state index in [9.17, 15) is 4.79 Å². The van der Waals surface area contributed by atoms with Crippen LogP contribution in [0.5, 0.6) is 0 Å². The maximum atomic E-state index is 13.2. The molecule has 1 atom stereocenters. The first-order valence-electron chi connectivity index (χ1n) is 9.49. The van der Waals surface area contributed by atoms with Gasteiger partial charge in [-0.15, -0.1) is 0 Å². The van der Waals surface area contributed by atoms with Crippen LogP contribution in [0.4, 0.5) is 0 Å². The number of amides is 1. The van der Waals surface area contributed by atoms with Crippen molar-refractivity contribution in [1.82, 2.24) is 24.5 Å². The number of aryl methyl sites for hydroxylation is 2. The summed E-state index contributed by atoms with van der Waals surface area (Å²) in [6, 6.07) is 10.4. The quantitative estimate of drug-likeness (QED) is 0.721. The molecular weight excluding hydrogens is 338 g/mol. The number of aromatic nitrogens is 4. The third-order valence-electron chi connectivity index (χ3n) is 5.74. The van der Waals surface area contributed by atoms with Crippen LogP contribution in [0.25, 0.3) is 0 Å². The molecule has 2 aromatic heterocycles. The number of carbonyl (C=O) groups is 1. The number of hydrogen-bond acceptors (Lipinski definition) is 3. The Balaban J connectivity index is 1.48. The second kappa shape index (κ2) is 6.08. The van der Waals surface area contributed by atoms with Gasteiger partial charge in [0, 0.05) is 50.9 Å². The van der Waals surface area contributed by atoms with E-state index in [1.54, 1.807) is 0 Å². The molecule has 3 aromatic rings. The fraction of sp³-hybridized carbons (Fsp3) is 0.381. The highest BCUT2D eigenvalue weighted by molar-refractivity contribution is 5.92. The fourth-order valence-electron chi connectivity index (χ4n) is 4.18. The molecule has 3 heterocycles. The molecule has 0 radical (unpaired) electrons. The second-order valence-electron chi connectivity index (χ2n) is 7.74. The number of rotatable bonds is 3. The van der Waals surface area contributed by atoms with Crippen LogP contribution in [0.15, 0.2) is 42.7 Å². The van der Waals surface area contributed by atoms with Crippen LogP contribution in [0.2, 0.25) is 0 Å². The molecule has 1 fully saturated rings. The highest BCUT2D eigenvalue weighted by atomic mass is 16.2. The van der Waals surface area contributed by atoms with Crippen LogP contribution < -0.4 is 0 Å². The Hall–Kier alpha value is -2.89. The first kappa shape index (κ1) is 16.3. The molecule has 138 valence electrons. The summed E-state index contributed by atoms with van der Waals surface area (Å²) in [6.45, 7) is 1.28. The normalized spacial score (nSPS) is 19.2. The van der Waals surface area contributed by atoms with E-state index in [-0.39, 0.29) is 11.8 Å². The van der Waals surface area contributed by atoms with Crippen molar-refractivity contribution >= 4 is 5.91 Å². The van der Waals surface area contributed by atoms with Crippen LogP contribution in [-0.2, 0) is 20.6 Å². The Morgan fingerprint density at radius 3 is 2.74 bits per heavy atom. The van der Waals surface area contributed by atoms with Gasteiger partial charge in [0.25, 0.3) is 5.91 Å². The Labute approximate surface area is 158 Å². The molecule has 5 rings (SSSR count). The highest BCUT2D eigenvalue weighted by Crippen LogP contribution is 2.40. The summed E-state index contributed by atoms with van der Waals surface area (Å²) in [7, 11) is 3.86. The lowest BCUT2D eigenvalue weighted by Gasteiger charge is -2.34. The topological polar surface area (TPSA) is 56.0 Å². The predicted molar refractivity (Wildman–Crippen MR) is 101 cm³/mol. The molecule has 6 nitrogen and oxygen atoms in total. The van der Waals surface area contributed by atoms with Crippen LogP contribution in [0.1, 0.15) is 57.6 Å². The van der Waals surface area contributed by atoms with Crippen LogP contribution in [0.3, 0.4) is 0 Å². The lowest BCUT2D eigenvalue weighted by atomic mass is 9.86. The summed E-state index contributed by atoms with van der Waals surface area (Å²) in [6.07, 6.45) is 6.35. The minimum atomic E-state index is 0.0147. The van der Waals surface area contributed by atoms with Gasteiger partial charge in [-0.05, 0) is 35.6 Å². The molecule has 6 heteroatoms. The number of benzene rings is 1. The van der Waals surface area contributed by atoms with E-state index < -0.39 is 0 Å². The Bertz CT molecular complexity index is 1010. The maximum absolute atomic E-state index is 13.2. The van der Waals surface area contributed by atoms with Crippen molar-refractivity contribution in [2.75, 3.05) is 6.54 Å². The highest BCUT2D eigenvalue weighted by Gasteiger charge is 2.33. The minimum Gasteiger partial charge on any atom is -0.332 e. The SMILES string of the molecule is Cn1cc(C2CN(C(=O)c3cc(C4CC4)n(C)n3)Cc3ccccc32)cn1. The summed E-state index contributed by atoms with van der Waals surface area (Å²) >= 11 is 0. The molecule has 1 saturated carbocycles. The van der Waals surface area contributed by atoms with Crippen molar-refractivity contribution < 1.29 is 4.79 Å². The smallest absolute Gasteiger partial charge is 0.274 e.